The number of amides is 1. The zero-order valence-electron chi connectivity index (χ0n) is 23.1. The van der Waals surface area contributed by atoms with E-state index >= 15 is 4.39 Å². The number of carbonyl (C=O) groups excluding carboxylic acids is 1. The molecule has 4 atom stereocenters. The van der Waals surface area contributed by atoms with Gasteiger partial charge < -0.3 is 15.0 Å². The average Bonchev–Trinajstić information content (AvgIpc) is 3.34. The van der Waals surface area contributed by atoms with E-state index in [1.165, 1.54) is 5.56 Å². The number of hydrogen-bond donors (Lipinski definition) is 1. The summed E-state index contributed by atoms with van der Waals surface area (Å²) in [6.07, 6.45) is 6.75. The molecule has 3 aliphatic rings. The molecule has 0 unspecified atom stereocenters. The van der Waals surface area contributed by atoms with Gasteiger partial charge in [-0.3, -0.25) is 4.79 Å². The molecule has 5 heteroatoms. The van der Waals surface area contributed by atoms with Crippen molar-refractivity contribution in [3.8, 4) is 5.75 Å². The zero-order valence-corrected chi connectivity index (χ0v) is 23.1. The van der Waals surface area contributed by atoms with Crippen LogP contribution in [0, 0.1) is 24.6 Å². The molecular formula is C32H44FN2O2+. The first-order valence-corrected chi connectivity index (χ1v) is 14.5. The third kappa shape index (κ3) is 4.47. The largest absolute Gasteiger partial charge is 0.496 e. The molecule has 2 fully saturated rings. The van der Waals surface area contributed by atoms with E-state index in [2.05, 4.69) is 54.4 Å². The summed E-state index contributed by atoms with van der Waals surface area (Å²) < 4.78 is 21.2. The summed E-state index contributed by atoms with van der Waals surface area (Å²) in [7, 11) is 1.69. The Bertz CT molecular complexity index is 1100. The van der Waals surface area contributed by atoms with E-state index in [1.54, 1.807) is 13.2 Å². The molecule has 0 radical (unpaired) electrons. The van der Waals surface area contributed by atoms with Crippen molar-refractivity contribution in [1.29, 1.82) is 0 Å². The van der Waals surface area contributed by atoms with Crippen LogP contribution in [0.4, 0.5) is 4.39 Å². The van der Waals surface area contributed by atoms with Crippen molar-refractivity contribution in [3.05, 3.63) is 64.5 Å². The molecule has 0 aromatic heterocycles. The van der Waals surface area contributed by atoms with Crippen LogP contribution in [0.2, 0.25) is 0 Å². The van der Waals surface area contributed by atoms with Gasteiger partial charge in [0.25, 0.3) is 0 Å². The van der Waals surface area contributed by atoms with E-state index in [1.807, 2.05) is 6.92 Å². The highest BCUT2D eigenvalue weighted by molar-refractivity contribution is 5.82. The lowest BCUT2D eigenvalue weighted by atomic mass is 9.63. The number of nitrogens with two attached hydrogens (primary N) is 1. The van der Waals surface area contributed by atoms with Crippen LogP contribution >= 0.6 is 0 Å². The number of rotatable bonds is 6. The van der Waals surface area contributed by atoms with Gasteiger partial charge in [-0.05, 0) is 73.6 Å². The van der Waals surface area contributed by atoms with Gasteiger partial charge in [0, 0.05) is 18.2 Å². The Morgan fingerprint density at radius 1 is 1.24 bits per heavy atom. The molecule has 1 amide bonds. The zero-order chi connectivity index (χ0) is 26.2. The van der Waals surface area contributed by atoms with Crippen LogP contribution in [0.5, 0.6) is 5.75 Å². The van der Waals surface area contributed by atoms with Crippen molar-refractivity contribution in [3.63, 3.8) is 0 Å². The normalized spacial score (nSPS) is 27.5. The standard InChI is InChI=1S/C32H43FN2O2/c1-5-22(6-2)28-18-24(23-11-8-7-9-12-23)14-16-35(28)31(36)26-19-34-20-32(26)15-10-13-25-27(33)17-21(3)30(37-4)29(25)32/h7-9,11-12,17,22,24,26,28,34H,5-6,10,13-16,18-20H2,1-4H3/p+1/t24-,26+,28+,32-/m1/s1. The Balaban J connectivity index is 1.51. The molecule has 0 saturated carbocycles. The summed E-state index contributed by atoms with van der Waals surface area (Å²) in [4.78, 5) is 16.9. The van der Waals surface area contributed by atoms with Crippen LogP contribution < -0.4 is 10.1 Å². The molecule has 2 aromatic rings. The molecule has 5 rings (SSSR count). The highest BCUT2D eigenvalue weighted by Crippen LogP contribution is 2.50. The number of fused-ring (bicyclic) bond motifs is 2. The van der Waals surface area contributed by atoms with Gasteiger partial charge >= 0.3 is 0 Å². The summed E-state index contributed by atoms with van der Waals surface area (Å²) in [5, 5.41) is 2.29. The fourth-order valence-electron chi connectivity index (χ4n) is 8.08. The van der Waals surface area contributed by atoms with Gasteiger partial charge in [-0.25, -0.2) is 4.39 Å². The highest BCUT2D eigenvalue weighted by Gasteiger charge is 2.56. The maximum Gasteiger partial charge on any atom is 0.232 e. The highest BCUT2D eigenvalue weighted by atomic mass is 19.1. The molecule has 2 saturated heterocycles. The smallest absolute Gasteiger partial charge is 0.232 e. The second-order valence-corrected chi connectivity index (χ2v) is 11.7. The van der Waals surface area contributed by atoms with E-state index in [-0.39, 0.29) is 29.1 Å². The van der Waals surface area contributed by atoms with E-state index in [0.29, 0.717) is 11.8 Å². The second-order valence-electron chi connectivity index (χ2n) is 11.7. The number of likely N-dealkylation sites (tertiary alicyclic amines) is 1. The summed E-state index contributed by atoms with van der Waals surface area (Å²) >= 11 is 0. The van der Waals surface area contributed by atoms with E-state index in [9.17, 15) is 4.79 Å². The SMILES string of the molecule is CCC(CC)[C@@H]1C[C@H](c2ccccc2)CCN1C(=O)[C@@H]1C[NH2+]C[C@]12CCCc1c(F)cc(C)c(OC)c12. The number of carbonyl (C=O) groups is 1. The van der Waals surface area contributed by atoms with Crippen molar-refractivity contribution >= 4 is 5.91 Å². The minimum absolute atomic E-state index is 0.135. The van der Waals surface area contributed by atoms with E-state index in [4.69, 9.17) is 4.74 Å². The van der Waals surface area contributed by atoms with Crippen molar-refractivity contribution < 1.29 is 19.2 Å². The number of hydrogen-bond acceptors (Lipinski definition) is 2. The number of methoxy groups -OCH3 is 1. The van der Waals surface area contributed by atoms with Crippen LogP contribution in [0.3, 0.4) is 0 Å². The molecular weight excluding hydrogens is 463 g/mol. The lowest BCUT2D eigenvalue weighted by Gasteiger charge is -2.46. The van der Waals surface area contributed by atoms with Crippen molar-refractivity contribution in [2.75, 3.05) is 26.7 Å². The third-order valence-corrected chi connectivity index (χ3v) is 9.94. The summed E-state index contributed by atoms with van der Waals surface area (Å²) in [6.45, 7) is 8.86. The van der Waals surface area contributed by atoms with Crippen LogP contribution in [0.15, 0.2) is 36.4 Å². The summed E-state index contributed by atoms with van der Waals surface area (Å²) in [5.41, 5.74) is 3.63. The fourth-order valence-corrected chi connectivity index (χ4v) is 8.08. The van der Waals surface area contributed by atoms with Gasteiger partial charge in [0.1, 0.15) is 17.5 Å². The molecule has 2 heterocycles. The van der Waals surface area contributed by atoms with E-state index < -0.39 is 0 Å². The molecule has 37 heavy (non-hydrogen) atoms. The number of halogens is 1. The quantitative estimate of drug-likeness (QED) is 0.590. The maximum absolute atomic E-state index is 15.3. The van der Waals surface area contributed by atoms with Gasteiger partial charge in [-0.2, -0.15) is 0 Å². The van der Waals surface area contributed by atoms with Crippen LogP contribution in [0.1, 0.15) is 80.5 Å². The van der Waals surface area contributed by atoms with Crippen molar-refractivity contribution in [1.82, 2.24) is 4.90 Å². The first-order chi connectivity index (χ1) is 17.9. The first kappa shape index (κ1) is 26.2. The molecule has 200 valence electrons. The third-order valence-electron chi connectivity index (χ3n) is 9.94. The minimum Gasteiger partial charge on any atom is -0.496 e. The Morgan fingerprint density at radius 2 is 2.00 bits per heavy atom. The number of piperidine rings is 1. The summed E-state index contributed by atoms with van der Waals surface area (Å²) in [5.74, 6) is 1.78. The van der Waals surface area contributed by atoms with Gasteiger partial charge in [0.15, 0.2) is 0 Å². The number of quaternary nitrogens is 1. The van der Waals surface area contributed by atoms with Crippen LogP contribution in [-0.2, 0) is 16.6 Å². The van der Waals surface area contributed by atoms with Gasteiger partial charge in [-0.1, -0.05) is 57.0 Å². The minimum atomic E-state index is -0.363. The van der Waals surface area contributed by atoms with Crippen LogP contribution in [-0.4, -0.2) is 43.6 Å². The monoisotopic (exact) mass is 507 g/mol. The molecule has 4 nitrogen and oxygen atoms in total. The number of aryl methyl sites for hydroxylation is 1. The Hall–Kier alpha value is -2.40. The van der Waals surface area contributed by atoms with Crippen molar-refractivity contribution in [2.45, 2.75) is 83.1 Å². The fraction of sp³-hybridized carbons (Fsp3) is 0.594. The molecule has 2 aromatic carbocycles. The van der Waals surface area contributed by atoms with Gasteiger partial charge in [0.05, 0.1) is 25.6 Å². The second kappa shape index (κ2) is 10.8. The molecule has 1 spiro atoms. The number of nitrogens with zero attached hydrogens (tertiary/aromatic N) is 1. The Labute approximate surface area is 222 Å². The Kier molecular flexibility index (Phi) is 7.63. The topological polar surface area (TPSA) is 46.2 Å². The number of ether oxygens (including phenoxy) is 1. The molecule has 2 N–H and O–H groups in total. The predicted molar refractivity (Wildman–Crippen MR) is 145 cm³/mol. The van der Waals surface area contributed by atoms with Crippen LogP contribution in [0.25, 0.3) is 0 Å². The average molecular weight is 508 g/mol. The lowest BCUT2D eigenvalue weighted by molar-refractivity contribution is -0.640. The van der Waals surface area contributed by atoms with Gasteiger partial charge in [-0.15, -0.1) is 0 Å². The Morgan fingerprint density at radius 3 is 2.70 bits per heavy atom. The van der Waals surface area contributed by atoms with E-state index in [0.717, 1.165) is 87.0 Å². The first-order valence-electron chi connectivity index (χ1n) is 14.5. The molecule has 1 aliphatic carbocycles. The lowest BCUT2D eigenvalue weighted by Crippen LogP contribution is -2.82. The molecule has 0 bridgehead atoms. The predicted octanol–water partition coefficient (Wildman–Crippen LogP) is 5.12. The molecule has 2 aliphatic heterocycles. The maximum atomic E-state index is 15.3. The number of benzene rings is 2. The van der Waals surface area contributed by atoms with Gasteiger partial charge in [0.2, 0.25) is 5.91 Å². The van der Waals surface area contributed by atoms with Crippen molar-refractivity contribution in [2.24, 2.45) is 11.8 Å². The summed E-state index contributed by atoms with van der Waals surface area (Å²) in [6, 6.07) is 12.7.